The van der Waals surface area contributed by atoms with Gasteiger partial charge in [-0.1, -0.05) is 0 Å². The smallest absolute Gasteiger partial charge is 0.0211 e. The van der Waals surface area contributed by atoms with Gasteiger partial charge in [0.15, 0.2) is 0 Å². The molecule has 0 bridgehead atoms. The van der Waals surface area contributed by atoms with Crippen molar-refractivity contribution in [1.29, 1.82) is 0 Å². The second-order valence-corrected chi connectivity index (χ2v) is 2.51. The Hall–Kier alpha value is -0.520. The second-order valence-electron chi connectivity index (χ2n) is 2.51. The van der Waals surface area contributed by atoms with Crippen LogP contribution in [0.5, 0.6) is 0 Å². The summed E-state index contributed by atoms with van der Waals surface area (Å²) < 4.78 is 0. The van der Waals surface area contributed by atoms with Crippen molar-refractivity contribution in [2.75, 3.05) is 33.7 Å². The SMILES string of the molecule is C#CCCNCCN(C)C. The number of likely N-dealkylation sites (N-methyl/N-ethyl adjacent to an activating group) is 1. The van der Waals surface area contributed by atoms with E-state index in [1.54, 1.807) is 0 Å². The molecule has 1 N–H and O–H groups in total. The molecule has 0 atom stereocenters. The third-order valence-corrected chi connectivity index (χ3v) is 1.18. The Kier molecular flexibility index (Phi) is 6.25. The minimum absolute atomic E-state index is 0.827. The molecule has 2 nitrogen and oxygen atoms in total. The van der Waals surface area contributed by atoms with Crippen molar-refractivity contribution >= 4 is 0 Å². The zero-order valence-corrected chi connectivity index (χ0v) is 6.85. The van der Waals surface area contributed by atoms with Crippen LogP contribution in [0.15, 0.2) is 0 Å². The maximum atomic E-state index is 5.07. The van der Waals surface area contributed by atoms with E-state index in [9.17, 15) is 0 Å². The van der Waals surface area contributed by atoms with Crippen molar-refractivity contribution in [2.45, 2.75) is 6.42 Å². The summed E-state index contributed by atoms with van der Waals surface area (Å²) >= 11 is 0. The van der Waals surface area contributed by atoms with Gasteiger partial charge in [0.2, 0.25) is 0 Å². The van der Waals surface area contributed by atoms with Gasteiger partial charge in [-0.25, -0.2) is 0 Å². The first kappa shape index (κ1) is 9.48. The molecular formula is C8H16N2. The van der Waals surface area contributed by atoms with E-state index in [4.69, 9.17) is 6.42 Å². The number of nitrogens with one attached hydrogen (secondary N) is 1. The summed E-state index contributed by atoms with van der Waals surface area (Å²) in [5, 5.41) is 3.23. The molecule has 0 saturated carbocycles. The van der Waals surface area contributed by atoms with E-state index in [1.807, 2.05) is 0 Å². The summed E-state index contributed by atoms with van der Waals surface area (Å²) in [6, 6.07) is 0. The topological polar surface area (TPSA) is 15.3 Å². The lowest BCUT2D eigenvalue weighted by Crippen LogP contribution is -2.26. The molecular weight excluding hydrogens is 124 g/mol. The largest absolute Gasteiger partial charge is 0.315 e. The molecule has 0 unspecified atom stereocenters. The molecule has 0 aliphatic heterocycles. The van der Waals surface area contributed by atoms with E-state index in [-0.39, 0.29) is 0 Å². The Morgan fingerprint density at radius 3 is 2.60 bits per heavy atom. The van der Waals surface area contributed by atoms with Crippen molar-refractivity contribution in [2.24, 2.45) is 0 Å². The summed E-state index contributed by atoms with van der Waals surface area (Å²) in [5.74, 6) is 2.58. The summed E-state index contributed by atoms with van der Waals surface area (Å²) in [6.07, 6.45) is 5.90. The maximum Gasteiger partial charge on any atom is 0.0211 e. The zero-order chi connectivity index (χ0) is 7.82. The Balaban J connectivity index is 2.86. The van der Waals surface area contributed by atoms with E-state index in [1.165, 1.54) is 0 Å². The van der Waals surface area contributed by atoms with Crippen LogP contribution in [-0.2, 0) is 0 Å². The molecule has 0 aromatic carbocycles. The molecule has 0 radical (unpaired) electrons. The van der Waals surface area contributed by atoms with Crippen molar-refractivity contribution in [3.8, 4) is 12.3 Å². The van der Waals surface area contributed by atoms with Crippen molar-refractivity contribution in [3.05, 3.63) is 0 Å². The highest BCUT2D eigenvalue weighted by molar-refractivity contribution is 4.83. The number of nitrogens with zero attached hydrogens (tertiary/aromatic N) is 1. The fourth-order valence-corrected chi connectivity index (χ4v) is 0.588. The van der Waals surface area contributed by atoms with Crippen LogP contribution in [-0.4, -0.2) is 38.6 Å². The van der Waals surface area contributed by atoms with Crippen LogP contribution in [0.3, 0.4) is 0 Å². The first-order valence-electron chi connectivity index (χ1n) is 3.56. The maximum absolute atomic E-state index is 5.07. The Bertz CT molecular complexity index is 102. The standard InChI is InChI=1S/C8H16N2/c1-4-5-6-9-7-8-10(2)3/h1,9H,5-8H2,2-3H3. The molecule has 0 aliphatic carbocycles. The van der Waals surface area contributed by atoms with E-state index in [2.05, 4.69) is 30.2 Å². The number of hydrogen-bond acceptors (Lipinski definition) is 2. The molecule has 58 valence electrons. The van der Waals surface area contributed by atoms with Gasteiger partial charge in [-0.15, -0.1) is 12.3 Å². The highest BCUT2D eigenvalue weighted by Gasteiger charge is 1.87. The van der Waals surface area contributed by atoms with Gasteiger partial charge in [-0.05, 0) is 14.1 Å². The fourth-order valence-electron chi connectivity index (χ4n) is 0.588. The molecule has 0 saturated heterocycles. The molecule has 10 heavy (non-hydrogen) atoms. The van der Waals surface area contributed by atoms with Crippen molar-refractivity contribution in [1.82, 2.24) is 10.2 Å². The molecule has 0 aromatic heterocycles. The van der Waals surface area contributed by atoms with Crippen LogP contribution in [0.4, 0.5) is 0 Å². The first-order valence-corrected chi connectivity index (χ1v) is 3.56. The van der Waals surface area contributed by atoms with Crippen molar-refractivity contribution < 1.29 is 0 Å². The van der Waals surface area contributed by atoms with Gasteiger partial charge < -0.3 is 10.2 Å². The normalized spacial score (nSPS) is 9.80. The third-order valence-electron chi connectivity index (χ3n) is 1.18. The van der Waals surface area contributed by atoms with Gasteiger partial charge in [0, 0.05) is 26.1 Å². The molecule has 0 spiro atoms. The molecule has 2 heteroatoms. The van der Waals surface area contributed by atoms with Gasteiger partial charge in [0.05, 0.1) is 0 Å². The lowest BCUT2D eigenvalue weighted by molar-refractivity contribution is 0.401. The molecule has 0 aliphatic rings. The highest BCUT2D eigenvalue weighted by Crippen LogP contribution is 1.72. The Morgan fingerprint density at radius 1 is 1.40 bits per heavy atom. The van der Waals surface area contributed by atoms with Crippen molar-refractivity contribution in [3.63, 3.8) is 0 Å². The van der Waals surface area contributed by atoms with Gasteiger partial charge >= 0.3 is 0 Å². The Labute approximate surface area is 63.6 Å². The summed E-state index contributed by atoms with van der Waals surface area (Å²) in [5.41, 5.74) is 0. The van der Waals surface area contributed by atoms with Crippen LogP contribution in [0, 0.1) is 12.3 Å². The minimum Gasteiger partial charge on any atom is -0.315 e. The van der Waals surface area contributed by atoms with Crippen LogP contribution in [0.25, 0.3) is 0 Å². The summed E-state index contributed by atoms with van der Waals surface area (Å²) in [4.78, 5) is 2.14. The van der Waals surface area contributed by atoms with Gasteiger partial charge in [0.25, 0.3) is 0 Å². The van der Waals surface area contributed by atoms with Crippen LogP contribution >= 0.6 is 0 Å². The van der Waals surface area contributed by atoms with Gasteiger partial charge in [-0.3, -0.25) is 0 Å². The summed E-state index contributed by atoms with van der Waals surface area (Å²) in [7, 11) is 4.12. The highest BCUT2D eigenvalue weighted by atomic mass is 15.1. The van der Waals surface area contributed by atoms with E-state index in [0.29, 0.717) is 0 Å². The van der Waals surface area contributed by atoms with Crippen LogP contribution in [0.1, 0.15) is 6.42 Å². The summed E-state index contributed by atoms with van der Waals surface area (Å²) in [6.45, 7) is 3.03. The lowest BCUT2D eigenvalue weighted by atomic mass is 10.4. The predicted octanol–water partition coefficient (Wildman–Crippen LogP) is 0.161. The molecule has 0 aromatic rings. The number of hydrogen-bond donors (Lipinski definition) is 1. The van der Waals surface area contributed by atoms with Gasteiger partial charge in [-0.2, -0.15) is 0 Å². The molecule has 0 amide bonds. The first-order chi connectivity index (χ1) is 4.77. The lowest BCUT2D eigenvalue weighted by Gasteiger charge is -2.08. The van der Waals surface area contributed by atoms with Crippen LogP contribution < -0.4 is 5.32 Å². The monoisotopic (exact) mass is 140 g/mol. The third kappa shape index (κ3) is 7.48. The van der Waals surface area contributed by atoms with Crippen LogP contribution in [0.2, 0.25) is 0 Å². The molecule has 0 rings (SSSR count). The average Bonchev–Trinajstić information content (AvgIpc) is 1.87. The minimum atomic E-state index is 0.827. The average molecular weight is 140 g/mol. The van der Waals surface area contributed by atoms with E-state index in [0.717, 1.165) is 26.1 Å². The zero-order valence-electron chi connectivity index (χ0n) is 6.85. The fraction of sp³-hybridized carbons (Fsp3) is 0.750. The quantitative estimate of drug-likeness (QED) is 0.432. The predicted molar refractivity (Wildman–Crippen MR) is 44.9 cm³/mol. The molecule has 0 fully saturated rings. The Morgan fingerprint density at radius 2 is 2.10 bits per heavy atom. The number of rotatable bonds is 5. The van der Waals surface area contributed by atoms with E-state index >= 15 is 0 Å². The number of terminal acetylenes is 1. The van der Waals surface area contributed by atoms with E-state index < -0.39 is 0 Å². The molecule has 0 heterocycles. The van der Waals surface area contributed by atoms with Gasteiger partial charge in [0.1, 0.15) is 0 Å². The second kappa shape index (κ2) is 6.60.